The van der Waals surface area contributed by atoms with Gasteiger partial charge in [0, 0.05) is 0 Å². The van der Waals surface area contributed by atoms with Crippen LogP contribution in [0.1, 0.15) is 0 Å². The molecular weight excluding hydrogens is 115 g/mol. The average molecular weight is 121 g/mol. The summed E-state index contributed by atoms with van der Waals surface area (Å²) < 4.78 is 14.5. The van der Waals surface area contributed by atoms with E-state index >= 15 is 0 Å². The van der Waals surface area contributed by atoms with Gasteiger partial charge >= 0.3 is 38.3 Å². The van der Waals surface area contributed by atoms with E-state index in [9.17, 15) is 0 Å². The molecule has 24 valence electrons. The van der Waals surface area contributed by atoms with E-state index in [4.69, 9.17) is 2.61 Å². The molecule has 2 heterocycles. The van der Waals surface area contributed by atoms with Crippen LogP contribution in [0.4, 0.5) is 0 Å². The predicted molar refractivity (Wildman–Crippen MR) is 36.5 cm³/mol. The maximum atomic E-state index is 7.59. The van der Waals surface area contributed by atoms with Crippen molar-refractivity contribution < 1.29 is 0 Å². The molecule has 0 aromatic rings. The molecule has 0 saturated carbocycles. The van der Waals surface area contributed by atoms with Crippen molar-refractivity contribution in [2.75, 3.05) is 0 Å². The van der Waals surface area contributed by atoms with Crippen molar-refractivity contribution in [1.29, 1.82) is 2.61 Å². The van der Waals surface area contributed by atoms with E-state index in [0.29, 0.717) is 0 Å². The summed E-state index contributed by atoms with van der Waals surface area (Å²) in [5, 5.41) is 0. The van der Waals surface area contributed by atoms with Crippen molar-refractivity contribution in [1.82, 2.24) is 0 Å². The van der Waals surface area contributed by atoms with Crippen molar-refractivity contribution in [3.8, 4) is 0 Å². The standard InChI is InChI=1S/B2H3P3/c1-5-2-4(5)3-5/h1,3,5H/i1D,5T. The van der Waals surface area contributed by atoms with E-state index in [2.05, 4.69) is 6.72 Å². The van der Waals surface area contributed by atoms with Crippen molar-refractivity contribution in [2.24, 2.45) is 0 Å². The molecule has 0 aromatic heterocycles. The van der Waals surface area contributed by atoms with Gasteiger partial charge in [-0.15, -0.1) is 0 Å². The first-order valence-corrected chi connectivity index (χ1v) is 8.15. The normalized spacial score (nSPS) is 77.6. The molecule has 2 atom stereocenters. The topological polar surface area (TPSA) is 0 Å². The molecule has 5 heteroatoms. The summed E-state index contributed by atoms with van der Waals surface area (Å²) in [4.78, 5) is 0. The molecule has 2 unspecified atom stereocenters. The molecule has 0 nitrogen and oxygen atoms in total. The molecule has 2 fully saturated rings. The first kappa shape index (κ1) is 2.13. The fourth-order valence-electron chi connectivity index (χ4n) is 0.283. The van der Waals surface area contributed by atoms with Crippen molar-refractivity contribution in [3.05, 3.63) is 0 Å². The molecule has 0 N–H and O–H groups in total. The van der Waals surface area contributed by atoms with Crippen LogP contribution in [-0.4, -0.2) is 16.9 Å². The van der Waals surface area contributed by atoms with E-state index < -0.39 is 6.34 Å². The van der Waals surface area contributed by atoms with E-state index in [1.54, 1.807) is 0 Å². The first-order valence-electron chi connectivity index (χ1n) is 2.45. The van der Waals surface area contributed by atoms with E-state index in [1.807, 2.05) is 0 Å². The van der Waals surface area contributed by atoms with E-state index in [1.165, 1.54) is 7.53 Å². The molecular formula is H3B2P3. The molecule has 2 aliphatic rings. The van der Waals surface area contributed by atoms with Crippen molar-refractivity contribution >= 4 is 35.7 Å². The number of hydrogen-bond donors (Lipinski definition) is 0. The summed E-state index contributed by atoms with van der Waals surface area (Å²) in [6, 6.07) is 0. The van der Waals surface area contributed by atoms with Crippen molar-refractivity contribution in [3.63, 3.8) is 0 Å². The molecule has 0 aliphatic carbocycles. The molecule has 0 amide bonds. The minimum atomic E-state index is -1.90. The quantitative estimate of drug-likeness (QED) is 0.358. The Labute approximate surface area is 39.2 Å². The van der Waals surface area contributed by atoms with Gasteiger partial charge in [0.2, 0.25) is 0 Å². The Morgan fingerprint density at radius 1 is 2.80 bits per heavy atom. The van der Waals surface area contributed by atoms with E-state index in [-0.39, 0.29) is 7.18 Å². The van der Waals surface area contributed by atoms with Gasteiger partial charge < -0.3 is 0 Å². The number of fused-ring (bicyclic) bond motifs is 1. The zero-order chi connectivity index (χ0) is 5.15. The molecule has 2 saturated heterocycles. The van der Waals surface area contributed by atoms with Crippen LogP contribution in [0.2, 0.25) is 0 Å². The van der Waals surface area contributed by atoms with Gasteiger partial charge in [-0.2, -0.15) is 0 Å². The minimum absolute atomic E-state index is 0.0868. The average Bonchev–Trinajstić information content (AvgIpc) is 2.26. The second-order valence-electron chi connectivity index (χ2n) is 1.30. The summed E-state index contributed by atoms with van der Waals surface area (Å²) >= 11 is 0. The number of hydrogen-bond acceptors (Lipinski definition) is 0. The fraction of sp³-hybridized carbons (Fsp3) is 0. The summed E-state index contributed by atoms with van der Waals surface area (Å²) in [7, 11) is 2.40. The Balaban J connectivity index is 2.26. The third kappa shape index (κ3) is 0.352. The van der Waals surface area contributed by atoms with Crippen LogP contribution >= 0.6 is 21.5 Å². The van der Waals surface area contributed by atoms with Gasteiger partial charge in [-0.1, -0.05) is 0 Å². The molecule has 0 bridgehead atoms. The third-order valence-electron chi connectivity index (χ3n) is 0.811. The van der Waals surface area contributed by atoms with Gasteiger partial charge in [-0.25, -0.2) is 0 Å². The van der Waals surface area contributed by atoms with Crippen LogP contribution in [0.5, 0.6) is 0 Å². The van der Waals surface area contributed by atoms with Gasteiger partial charge in [-0.3, -0.25) is 0 Å². The van der Waals surface area contributed by atoms with Crippen LogP contribution in [0, 0.1) is 0 Å². The maximum absolute atomic E-state index is 7.59. The summed E-state index contributed by atoms with van der Waals surface area (Å²) in [5.41, 5.74) is 0. The van der Waals surface area contributed by atoms with E-state index in [0.717, 1.165) is 7.96 Å². The van der Waals surface area contributed by atoms with Gasteiger partial charge in [0.05, 0.1) is 0 Å². The van der Waals surface area contributed by atoms with Crippen LogP contribution < -0.4 is 0 Å². The SMILES string of the molecule is [2H][B]P12([3H])[B]P1P2. The molecule has 2 rings (SSSR count). The van der Waals surface area contributed by atoms with Crippen molar-refractivity contribution in [2.45, 2.75) is 0 Å². The zero-order valence-corrected chi connectivity index (χ0v) is 5.34. The van der Waals surface area contributed by atoms with Gasteiger partial charge in [0.25, 0.3) is 0 Å². The summed E-state index contributed by atoms with van der Waals surface area (Å²) in [6.07, 6.45) is -1.90. The first-order chi connectivity index (χ1) is 3.18. The molecule has 2 radical (unpaired) electrons. The summed E-state index contributed by atoms with van der Waals surface area (Å²) in [5.74, 6) is 0. The van der Waals surface area contributed by atoms with Crippen LogP contribution in [-0.2, 0) is 0 Å². The second-order valence-corrected chi connectivity index (χ2v) is 16.2. The van der Waals surface area contributed by atoms with Crippen LogP contribution in [0.25, 0.3) is 0 Å². The number of rotatable bonds is 1. The van der Waals surface area contributed by atoms with Crippen LogP contribution in [0.3, 0.4) is 0 Å². The Hall–Kier alpha value is 1.42. The van der Waals surface area contributed by atoms with Crippen LogP contribution in [0.15, 0.2) is 0 Å². The summed E-state index contributed by atoms with van der Waals surface area (Å²) in [6.45, 7) is 2.12. The third-order valence-corrected chi connectivity index (χ3v) is 17.4. The second kappa shape index (κ2) is 0.686. The zero-order valence-electron chi connectivity index (χ0n) is 4.55. The predicted octanol–water partition coefficient (Wildman–Crippen LogP) is 1.02. The monoisotopic (exact) mass is 121 g/mol. The fourth-order valence-corrected chi connectivity index (χ4v) is 14.6. The van der Waals surface area contributed by atoms with Gasteiger partial charge in [-0.05, 0) is 0 Å². The van der Waals surface area contributed by atoms with Gasteiger partial charge in [0.15, 0.2) is 0 Å². The Morgan fingerprint density at radius 3 is 3.40 bits per heavy atom. The Kier molecular flexibility index (Phi) is 0.292. The molecule has 2 aliphatic heterocycles. The molecule has 0 aromatic carbocycles. The molecule has 0 spiro atoms. The Bertz CT molecular complexity index is 129. The van der Waals surface area contributed by atoms with Gasteiger partial charge in [0.1, 0.15) is 0 Å². The molecule has 5 heavy (non-hydrogen) atoms. The Morgan fingerprint density at radius 2 is 3.40 bits per heavy atom.